The molecule has 0 fully saturated rings. The molecular weight excluding hydrogens is 426 g/mol. The number of rotatable bonds is 8. The van der Waals surface area contributed by atoms with E-state index in [4.69, 9.17) is 10.7 Å². The molecule has 7 heteroatoms. The predicted molar refractivity (Wildman–Crippen MR) is 134 cm³/mol. The van der Waals surface area contributed by atoms with E-state index in [1.54, 1.807) is 12.1 Å². The summed E-state index contributed by atoms with van der Waals surface area (Å²) in [5.41, 5.74) is 11.0. The number of carbonyl (C=O) groups is 1. The van der Waals surface area contributed by atoms with E-state index in [1.165, 1.54) is 11.1 Å². The third-order valence-electron chi connectivity index (χ3n) is 6.18. The summed E-state index contributed by atoms with van der Waals surface area (Å²) in [6.45, 7) is 3.65. The summed E-state index contributed by atoms with van der Waals surface area (Å²) < 4.78 is 4.36. The normalized spacial score (nSPS) is 11.4. The van der Waals surface area contributed by atoms with Crippen molar-refractivity contribution in [3.05, 3.63) is 89.5 Å². The zero-order chi connectivity index (χ0) is 23.7. The fourth-order valence-corrected chi connectivity index (χ4v) is 4.41. The van der Waals surface area contributed by atoms with Gasteiger partial charge in [0.25, 0.3) is 0 Å². The Hall–Kier alpha value is -4.13. The van der Waals surface area contributed by atoms with Crippen LogP contribution in [-0.2, 0) is 19.5 Å². The van der Waals surface area contributed by atoms with Crippen molar-refractivity contribution >= 4 is 33.7 Å². The van der Waals surface area contributed by atoms with Crippen LogP contribution in [0.4, 0.5) is 5.82 Å². The number of pyridine rings is 1. The number of hydrogen-bond donors (Lipinski definition) is 2. The number of nitrogen functional groups attached to an aromatic ring is 1. The van der Waals surface area contributed by atoms with Crippen LogP contribution >= 0.6 is 0 Å². The van der Waals surface area contributed by atoms with Gasteiger partial charge in [-0.2, -0.15) is 0 Å². The van der Waals surface area contributed by atoms with Crippen molar-refractivity contribution in [3.63, 3.8) is 0 Å². The maximum atomic E-state index is 11.5. The lowest BCUT2D eigenvalue weighted by Gasteiger charge is -2.12. The van der Waals surface area contributed by atoms with Crippen molar-refractivity contribution in [1.29, 1.82) is 0 Å². The van der Waals surface area contributed by atoms with Crippen LogP contribution in [0, 0.1) is 0 Å². The van der Waals surface area contributed by atoms with Crippen LogP contribution in [0.2, 0.25) is 0 Å². The molecule has 2 aromatic carbocycles. The Morgan fingerprint density at radius 2 is 1.71 bits per heavy atom. The summed E-state index contributed by atoms with van der Waals surface area (Å²) in [4.78, 5) is 20.8. The van der Waals surface area contributed by atoms with Gasteiger partial charge in [-0.3, -0.25) is 0 Å². The third kappa shape index (κ3) is 4.12. The van der Waals surface area contributed by atoms with Crippen LogP contribution in [0.3, 0.4) is 0 Å². The van der Waals surface area contributed by atoms with Crippen LogP contribution < -0.4 is 5.73 Å². The highest BCUT2D eigenvalue weighted by atomic mass is 16.4. The Morgan fingerprint density at radius 1 is 1.00 bits per heavy atom. The van der Waals surface area contributed by atoms with Crippen molar-refractivity contribution in [2.24, 2.45) is 0 Å². The molecule has 0 atom stereocenters. The second kappa shape index (κ2) is 9.02. The smallest absolute Gasteiger partial charge is 0.335 e. The molecule has 0 saturated carbocycles. The number of anilines is 1. The van der Waals surface area contributed by atoms with Crippen LogP contribution in [0.1, 0.15) is 47.1 Å². The van der Waals surface area contributed by atoms with Crippen LogP contribution in [-0.4, -0.2) is 30.2 Å². The minimum atomic E-state index is -0.987. The molecule has 0 saturated heterocycles. The highest BCUT2D eigenvalue weighted by Gasteiger charge is 2.18. The van der Waals surface area contributed by atoms with Gasteiger partial charge in [0.05, 0.1) is 16.6 Å². The number of hydrogen-bond acceptors (Lipinski definition) is 4. The van der Waals surface area contributed by atoms with E-state index in [0.29, 0.717) is 23.4 Å². The Balaban J connectivity index is 1.58. The topological polar surface area (TPSA) is 99.0 Å². The van der Waals surface area contributed by atoms with Crippen LogP contribution in [0.5, 0.6) is 0 Å². The molecule has 5 rings (SSSR count). The number of carboxylic acids is 1. The maximum absolute atomic E-state index is 11.5. The average molecular weight is 454 g/mol. The summed E-state index contributed by atoms with van der Waals surface area (Å²) in [5.74, 6) is 0.305. The second-order valence-corrected chi connectivity index (χ2v) is 8.62. The summed E-state index contributed by atoms with van der Waals surface area (Å²) in [6, 6.07) is 17.7. The summed E-state index contributed by atoms with van der Waals surface area (Å²) in [6.07, 6.45) is 7.04. The predicted octanol–water partition coefficient (Wildman–Crippen LogP) is 5.11. The molecule has 0 bridgehead atoms. The second-order valence-electron chi connectivity index (χ2n) is 8.62. The van der Waals surface area contributed by atoms with Crippen molar-refractivity contribution in [3.8, 4) is 0 Å². The van der Waals surface area contributed by atoms with Crippen LogP contribution in [0.15, 0.2) is 67.0 Å². The number of nitrogens with two attached hydrogens (primary N) is 1. The highest BCUT2D eigenvalue weighted by molar-refractivity contribution is 6.08. The molecule has 0 unspecified atom stereocenters. The van der Waals surface area contributed by atoms with Crippen molar-refractivity contribution in [2.45, 2.75) is 39.3 Å². The monoisotopic (exact) mass is 453 g/mol. The number of unbranched alkanes of at least 4 members (excludes halogenated alkanes) is 1. The third-order valence-corrected chi connectivity index (χ3v) is 6.18. The number of aromatic carboxylic acids is 1. The minimum Gasteiger partial charge on any atom is -0.478 e. The molecule has 5 aromatic rings. The molecule has 3 N–H and O–H groups in total. The zero-order valence-corrected chi connectivity index (χ0v) is 19.1. The van der Waals surface area contributed by atoms with E-state index < -0.39 is 5.97 Å². The van der Waals surface area contributed by atoms with Gasteiger partial charge in [0, 0.05) is 37.3 Å². The Bertz CT molecular complexity index is 1470. The van der Waals surface area contributed by atoms with Gasteiger partial charge >= 0.3 is 5.97 Å². The van der Waals surface area contributed by atoms with Gasteiger partial charge < -0.3 is 20.0 Å². The first-order chi connectivity index (χ1) is 16.5. The number of fused-ring (bicyclic) bond motifs is 3. The first-order valence-corrected chi connectivity index (χ1v) is 11.5. The largest absolute Gasteiger partial charge is 0.478 e. The Morgan fingerprint density at radius 3 is 2.38 bits per heavy atom. The van der Waals surface area contributed by atoms with E-state index in [0.717, 1.165) is 42.5 Å². The van der Waals surface area contributed by atoms with Gasteiger partial charge in [-0.15, -0.1) is 0 Å². The number of nitrogens with zero attached hydrogens (tertiary/aromatic N) is 4. The molecule has 34 heavy (non-hydrogen) atoms. The summed E-state index contributed by atoms with van der Waals surface area (Å²) in [7, 11) is 0. The van der Waals surface area contributed by atoms with E-state index in [2.05, 4.69) is 57.7 Å². The molecule has 0 aliphatic heterocycles. The lowest BCUT2D eigenvalue weighted by Crippen LogP contribution is -2.06. The average Bonchev–Trinajstić information content (AvgIpc) is 3.47. The fraction of sp³-hybridized carbons (Fsp3) is 0.222. The quantitative estimate of drug-likeness (QED) is 0.340. The van der Waals surface area contributed by atoms with Crippen molar-refractivity contribution in [1.82, 2.24) is 19.1 Å². The number of benzene rings is 2. The number of aryl methyl sites for hydroxylation is 1. The van der Waals surface area contributed by atoms with Gasteiger partial charge in [0.1, 0.15) is 11.3 Å². The van der Waals surface area contributed by atoms with Gasteiger partial charge in [0.2, 0.25) is 0 Å². The molecular formula is C27H27N5O2. The van der Waals surface area contributed by atoms with Gasteiger partial charge in [-0.1, -0.05) is 37.6 Å². The Labute approximate surface area is 197 Å². The first kappa shape index (κ1) is 21.7. The van der Waals surface area contributed by atoms with Gasteiger partial charge in [-0.05, 0) is 47.9 Å². The Kier molecular flexibility index (Phi) is 5.76. The van der Waals surface area contributed by atoms with Gasteiger partial charge in [0.15, 0.2) is 5.82 Å². The SMILES string of the molecule is CCCCc1nc2c(N)nc3cc(C(=O)O)ccc3c2n1Cc1ccc(Cn2cccc2)cc1. The summed E-state index contributed by atoms with van der Waals surface area (Å²) >= 11 is 0. The van der Waals surface area contributed by atoms with E-state index in [1.807, 2.05) is 18.2 Å². The zero-order valence-electron chi connectivity index (χ0n) is 19.1. The first-order valence-electron chi connectivity index (χ1n) is 11.5. The molecule has 0 aliphatic rings. The minimum absolute atomic E-state index is 0.189. The lowest BCUT2D eigenvalue weighted by atomic mass is 10.1. The summed E-state index contributed by atoms with van der Waals surface area (Å²) in [5, 5.41) is 10.3. The number of imidazole rings is 1. The molecule has 0 spiro atoms. The van der Waals surface area contributed by atoms with Crippen LogP contribution in [0.25, 0.3) is 21.9 Å². The number of carboxylic acid groups (broad SMARTS) is 1. The van der Waals surface area contributed by atoms with E-state index in [9.17, 15) is 9.90 Å². The molecule has 0 radical (unpaired) electrons. The highest BCUT2D eigenvalue weighted by Crippen LogP contribution is 2.30. The molecule has 0 aliphatic carbocycles. The number of aromatic nitrogens is 4. The molecule has 172 valence electrons. The lowest BCUT2D eigenvalue weighted by molar-refractivity contribution is 0.0697. The van der Waals surface area contributed by atoms with E-state index >= 15 is 0 Å². The molecule has 0 amide bonds. The van der Waals surface area contributed by atoms with Gasteiger partial charge in [-0.25, -0.2) is 14.8 Å². The molecule has 3 heterocycles. The van der Waals surface area contributed by atoms with E-state index in [-0.39, 0.29) is 5.56 Å². The molecule has 3 aromatic heterocycles. The fourth-order valence-electron chi connectivity index (χ4n) is 4.41. The maximum Gasteiger partial charge on any atom is 0.335 e. The standard InChI is InChI=1S/C27H27N5O2/c1-2-3-6-23-30-24-25(21-12-11-20(27(33)34)15-22(21)29-26(24)28)32(23)17-19-9-7-18(8-10-19)16-31-13-4-5-14-31/h4-5,7-15H,2-3,6,16-17H2,1H3,(H2,28,29)(H,33,34). The van der Waals surface area contributed by atoms with Crippen molar-refractivity contribution < 1.29 is 9.90 Å². The van der Waals surface area contributed by atoms with Crippen molar-refractivity contribution in [2.75, 3.05) is 5.73 Å². The molecule has 7 nitrogen and oxygen atoms in total.